The number of nitrogens with zero attached hydrogens (tertiary/aromatic N) is 2. The zero-order chi connectivity index (χ0) is 20.5. The van der Waals surface area contributed by atoms with Gasteiger partial charge in [-0.15, -0.1) is 11.8 Å². The summed E-state index contributed by atoms with van der Waals surface area (Å²) in [7, 11) is 0. The molecule has 0 fully saturated rings. The number of hydrogen-bond acceptors (Lipinski definition) is 5. The molecule has 0 aliphatic carbocycles. The van der Waals surface area contributed by atoms with Crippen LogP contribution in [-0.2, 0) is 0 Å². The van der Waals surface area contributed by atoms with Crippen molar-refractivity contribution in [1.29, 1.82) is 5.41 Å². The Kier molecular flexibility index (Phi) is 7.90. The van der Waals surface area contributed by atoms with E-state index in [1.807, 2.05) is 29.0 Å². The van der Waals surface area contributed by atoms with Gasteiger partial charge in [0.05, 0.1) is 11.9 Å². The Morgan fingerprint density at radius 1 is 1.28 bits per heavy atom. The van der Waals surface area contributed by atoms with E-state index in [9.17, 15) is 0 Å². The van der Waals surface area contributed by atoms with Gasteiger partial charge in [-0.05, 0) is 54.1 Å². The molecule has 2 aromatic rings. The molecule has 3 rings (SSSR count). The fourth-order valence-electron chi connectivity index (χ4n) is 3.19. The van der Waals surface area contributed by atoms with E-state index in [0.717, 1.165) is 42.1 Å². The van der Waals surface area contributed by atoms with E-state index in [-0.39, 0.29) is 11.3 Å². The molecule has 0 saturated carbocycles. The number of thioether (sulfide) groups is 1. The van der Waals surface area contributed by atoms with Crippen LogP contribution in [0.25, 0.3) is 17.3 Å². The van der Waals surface area contributed by atoms with E-state index >= 15 is 0 Å². The summed E-state index contributed by atoms with van der Waals surface area (Å²) < 4.78 is 1.85. The minimum atomic E-state index is 0.220. The topological polar surface area (TPSA) is 79.7 Å². The van der Waals surface area contributed by atoms with Gasteiger partial charge in [-0.2, -0.15) is 0 Å². The summed E-state index contributed by atoms with van der Waals surface area (Å²) >= 11 is 1.75. The fraction of sp³-hybridized carbons (Fsp3) is 0.304. The summed E-state index contributed by atoms with van der Waals surface area (Å²) in [6.07, 6.45) is 11.3. The fourth-order valence-corrected chi connectivity index (χ4v) is 3.99. The maximum atomic E-state index is 8.46. The van der Waals surface area contributed by atoms with Crippen molar-refractivity contribution >= 4 is 34.9 Å². The lowest BCUT2D eigenvalue weighted by atomic mass is 9.98. The van der Waals surface area contributed by atoms with Crippen LogP contribution in [-0.4, -0.2) is 28.4 Å². The maximum absolute atomic E-state index is 8.46. The maximum Gasteiger partial charge on any atom is 0.172 e. The zero-order valence-corrected chi connectivity index (χ0v) is 17.7. The van der Waals surface area contributed by atoms with Gasteiger partial charge in [0.25, 0.3) is 0 Å². The van der Waals surface area contributed by atoms with Gasteiger partial charge < -0.3 is 11.1 Å². The highest BCUT2D eigenvalue weighted by atomic mass is 32.2. The van der Waals surface area contributed by atoms with Gasteiger partial charge in [0.1, 0.15) is 0 Å². The minimum Gasteiger partial charge on any atom is -0.381 e. The van der Waals surface area contributed by atoms with Crippen LogP contribution in [0.1, 0.15) is 37.4 Å². The van der Waals surface area contributed by atoms with Crippen LogP contribution in [0, 0.1) is 5.41 Å². The summed E-state index contributed by atoms with van der Waals surface area (Å²) in [5, 5.41) is 14.0. The van der Waals surface area contributed by atoms with Gasteiger partial charge >= 0.3 is 0 Å². The average Bonchev–Trinajstić information content (AvgIpc) is 2.76. The third-order valence-electron chi connectivity index (χ3n) is 4.80. The van der Waals surface area contributed by atoms with Crippen LogP contribution in [0.15, 0.2) is 54.1 Å². The molecule has 4 N–H and O–H groups in total. The van der Waals surface area contributed by atoms with Gasteiger partial charge in [0, 0.05) is 12.0 Å². The van der Waals surface area contributed by atoms with Gasteiger partial charge in [0.2, 0.25) is 0 Å². The van der Waals surface area contributed by atoms with Gasteiger partial charge in [0.15, 0.2) is 11.3 Å². The van der Waals surface area contributed by atoms with Gasteiger partial charge in [-0.3, -0.25) is 9.98 Å². The number of allylic oxidation sites excluding steroid dienone is 2. The van der Waals surface area contributed by atoms with E-state index in [1.165, 1.54) is 18.4 Å². The molecule has 6 heteroatoms. The SMILES string of the molecule is CCCCNCC/C=C/n1c(C2=C(c3ccccc3)C=CSC2)cnc(N)c1=N. The summed E-state index contributed by atoms with van der Waals surface area (Å²) in [5.41, 5.74) is 10.6. The van der Waals surface area contributed by atoms with Gasteiger partial charge in [-0.1, -0.05) is 49.8 Å². The Balaban J connectivity index is 1.93. The minimum absolute atomic E-state index is 0.220. The first-order chi connectivity index (χ1) is 14.2. The van der Waals surface area contributed by atoms with Gasteiger partial charge in [-0.25, -0.2) is 4.98 Å². The lowest BCUT2D eigenvalue weighted by Crippen LogP contribution is -2.24. The molecule has 1 aliphatic rings. The molecule has 2 heterocycles. The molecule has 0 bridgehead atoms. The lowest BCUT2D eigenvalue weighted by Gasteiger charge is -2.19. The normalized spacial score (nSPS) is 14.1. The van der Waals surface area contributed by atoms with Crippen molar-refractivity contribution in [1.82, 2.24) is 14.9 Å². The zero-order valence-electron chi connectivity index (χ0n) is 16.9. The molecule has 5 nitrogen and oxygen atoms in total. The molecule has 0 radical (unpaired) electrons. The average molecular weight is 408 g/mol. The van der Waals surface area contributed by atoms with E-state index < -0.39 is 0 Å². The standard InChI is InChI=1S/C23H29N5S/c1-2-3-12-26-13-7-8-14-28-21(16-27-22(24)23(28)25)20-17-29-15-11-19(20)18-9-5-4-6-10-18/h4-6,8-11,14-16,25-26H,2-3,7,12-13,17H2,1H3,(H2,24,27)/b14-8+,25-23?. The number of anilines is 1. The van der Waals surface area contributed by atoms with Crippen LogP contribution in [0.5, 0.6) is 0 Å². The van der Waals surface area contributed by atoms with E-state index in [4.69, 9.17) is 11.1 Å². The van der Waals surface area contributed by atoms with E-state index in [2.05, 4.69) is 46.9 Å². The summed E-state index contributed by atoms with van der Waals surface area (Å²) in [4.78, 5) is 4.28. The van der Waals surface area contributed by atoms with Crippen molar-refractivity contribution in [2.75, 3.05) is 24.6 Å². The second-order valence-corrected chi connectivity index (χ2v) is 7.79. The highest BCUT2D eigenvalue weighted by Crippen LogP contribution is 2.34. The Morgan fingerprint density at radius 3 is 2.90 bits per heavy atom. The molecule has 1 aromatic heterocycles. The number of rotatable bonds is 9. The van der Waals surface area contributed by atoms with Crippen molar-refractivity contribution in [3.8, 4) is 0 Å². The number of aromatic nitrogens is 2. The molecule has 0 saturated heterocycles. The molecule has 1 aromatic carbocycles. The predicted octanol–water partition coefficient (Wildman–Crippen LogP) is 4.37. The molecule has 0 spiro atoms. The van der Waals surface area contributed by atoms with Crippen LogP contribution >= 0.6 is 11.8 Å². The second kappa shape index (κ2) is 10.8. The molecule has 152 valence electrons. The number of unbranched alkanes of at least 4 members (excludes halogenated alkanes) is 1. The van der Waals surface area contributed by atoms with E-state index in [0.29, 0.717) is 0 Å². The number of nitrogens with two attached hydrogens (primary N) is 1. The predicted molar refractivity (Wildman–Crippen MR) is 125 cm³/mol. The third kappa shape index (κ3) is 5.49. The van der Waals surface area contributed by atoms with Crippen molar-refractivity contribution in [3.63, 3.8) is 0 Å². The van der Waals surface area contributed by atoms with E-state index in [1.54, 1.807) is 18.0 Å². The summed E-state index contributed by atoms with van der Waals surface area (Å²) in [6, 6.07) is 10.3. The highest BCUT2D eigenvalue weighted by Gasteiger charge is 2.16. The van der Waals surface area contributed by atoms with Crippen molar-refractivity contribution in [2.24, 2.45) is 0 Å². The second-order valence-electron chi connectivity index (χ2n) is 6.90. The third-order valence-corrected chi connectivity index (χ3v) is 5.58. The van der Waals surface area contributed by atoms with Crippen LogP contribution < -0.4 is 16.5 Å². The Bertz CT molecular complexity index is 957. The first-order valence-corrected chi connectivity index (χ1v) is 11.1. The molecular weight excluding hydrogens is 378 g/mol. The van der Waals surface area contributed by atoms with Crippen LogP contribution in [0.3, 0.4) is 0 Å². The molecular formula is C23H29N5S. The monoisotopic (exact) mass is 407 g/mol. The molecule has 29 heavy (non-hydrogen) atoms. The first-order valence-electron chi connectivity index (χ1n) is 10.1. The van der Waals surface area contributed by atoms with Crippen LogP contribution in [0.4, 0.5) is 5.82 Å². The summed E-state index contributed by atoms with van der Waals surface area (Å²) in [5.74, 6) is 1.07. The van der Waals surface area contributed by atoms with Crippen molar-refractivity contribution < 1.29 is 0 Å². The Hall–Kier alpha value is -2.57. The Morgan fingerprint density at radius 2 is 2.10 bits per heavy atom. The highest BCUT2D eigenvalue weighted by molar-refractivity contribution is 8.02. The van der Waals surface area contributed by atoms with Crippen molar-refractivity contribution in [3.05, 3.63) is 70.8 Å². The summed E-state index contributed by atoms with van der Waals surface area (Å²) in [6.45, 7) is 4.17. The quantitative estimate of drug-likeness (QED) is 0.539. The Labute approximate surface area is 177 Å². The largest absolute Gasteiger partial charge is 0.381 e. The van der Waals surface area contributed by atoms with Crippen molar-refractivity contribution in [2.45, 2.75) is 26.2 Å². The number of hydrogen-bond donors (Lipinski definition) is 3. The smallest absolute Gasteiger partial charge is 0.172 e. The first kappa shape index (κ1) is 21.1. The lowest BCUT2D eigenvalue weighted by molar-refractivity contribution is 0.645. The molecule has 1 aliphatic heterocycles. The molecule has 0 atom stereocenters. The number of benzene rings is 1. The van der Waals surface area contributed by atoms with Crippen LogP contribution in [0.2, 0.25) is 0 Å². The molecule has 0 unspecified atom stereocenters. The number of nitrogens with one attached hydrogen (secondary N) is 2. The number of nitrogen functional groups attached to an aromatic ring is 1. The molecule has 0 amide bonds.